The van der Waals surface area contributed by atoms with Crippen LogP contribution < -0.4 is 11.0 Å². The Morgan fingerprint density at radius 3 is 2.83 bits per heavy atom. The summed E-state index contributed by atoms with van der Waals surface area (Å²) in [5.74, 6) is 1.71. The molecule has 2 aromatic rings. The van der Waals surface area contributed by atoms with Gasteiger partial charge in [0.1, 0.15) is 11.5 Å². The zero-order valence-electron chi connectivity index (χ0n) is 10.4. The summed E-state index contributed by atoms with van der Waals surface area (Å²) in [6.07, 6.45) is 5.95. The lowest BCUT2D eigenvalue weighted by molar-refractivity contribution is 0.441. The Balaban J connectivity index is 1.76. The van der Waals surface area contributed by atoms with Crippen molar-refractivity contribution in [1.29, 1.82) is 0 Å². The highest BCUT2D eigenvalue weighted by Gasteiger charge is 2.25. The molecule has 0 bridgehead atoms. The van der Waals surface area contributed by atoms with Crippen LogP contribution >= 0.6 is 0 Å². The van der Waals surface area contributed by atoms with Crippen molar-refractivity contribution >= 4 is 0 Å². The number of nitrogens with zero attached hydrogens (tertiary/aromatic N) is 2. The molecule has 5 nitrogen and oxygen atoms in total. The van der Waals surface area contributed by atoms with Gasteiger partial charge in [-0.15, -0.1) is 0 Å². The van der Waals surface area contributed by atoms with Crippen LogP contribution in [0.1, 0.15) is 30.4 Å². The van der Waals surface area contributed by atoms with Gasteiger partial charge in [0.25, 0.3) is 0 Å². The van der Waals surface area contributed by atoms with Crippen LogP contribution in [0.3, 0.4) is 0 Å². The van der Waals surface area contributed by atoms with Crippen LogP contribution in [0.5, 0.6) is 0 Å². The maximum absolute atomic E-state index is 12.1. The third-order valence-electron chi connectivity index (χ3n) is 3.21. The van der Waals surface area contributed by atoms with Gasteiger partial charge in [0, 0.05) is 18.4 Å². The van der Waals surface area contributed by atoms with E-state index in [1.165, 1.54) is 0 Å². The largest absolute Gasteiger partial charge is 0.463 e. The van der Waals surface area contributed by atoms with E-state index in [-0.39, 0.29) is 5.69 Å². The molecule has 1 N–H and O–H groups in total. The highest BCUT2D eigenvalue weighted by Crippen LogP contribution is 2.33. The van der Waals surface area contributed by atoms with E-state index in [1.807, 2.05) is 36.1 Å². The molecule has 1 aliphatic rings. The number of imidazole rings is 1. The number of furan rings is 1. The summed E-state index contributed by atoms with van der Waals surface area (Å²) in [5, 5.41) is 3.03. The van der Waals surface area contributed by atoms with E-state index in [4.69, 9.17) is 4.42 Å². The maximum Gasteiger partial charge on any atom is 0.328 e. The lowest BCUT2D eigenvalue weighted by Gasteiger charge is -1.99. The smallest absolute Gasteiger partial charge is 0.328 e. The fourth-order valence-electron chi connectivity index (χ4n) is 2.12. The molecule has 5 heteroatoms. The third-order valence-corrected chi connectivity index (χ3v) is 3.21. The Kier molecular flexibility index (Phi) is 2.83. The summed E-state index contributed by atoms with van der Waals surface area (Å²) < 4.78 is 9.15. The lowest BCUT2D eigenvalue weighted by Crippen LogP contribution is -2.23. The predicted molar refractivity (Wildman–Crippen MR) is 67.5 cm³/mol. The van der Waals surface area contributed by atoms with Crippen LogP contribution in [-0.4, -0.2) is 16.2 Å². The summed E-state index contributed by atoms with van der Waals surface area (Å²) in [6, 6.07) is 4.29. The summed E-state index contributed by atoms with van der Waals surface area (Å²) >= 11 is 0. The molecule has 0 atom stereocenters. The van der Waals surface area contributed by atoms with E-state index >= 15 is 0 Å². The quantitative estimate of drug-likeness (QED) is 0.867. The van der Waals surface area contributed by atoms with E-state index in [9.17, 15) is 4.79 Å². The number of nitrogens with one attached hydrogen (secondary N) is 1. The summed E-state index contributed by atoms with van der Waals surface area (Å²) in [5.41, 5.74) is 0.0593. The number of hydrogen-bond acceptors (Lipinski definition) is 3. The topological polar surface area (TPSA) is 52.1 Å². The molecule has 3 rings (SSSR count). The molecule has 1 aliphatic carbocycles. The zero-order valence-corrected chi connectivity index (χ0v) is 10.4. The molecule has 0 spiro atoms. The second-order valence-electron chi connectivity index (χ2n) is 4.75. The van der Waals surface area contributed by atoms with Crippen LogP contribution in [-0.2, 0) is 13.1 Å². The molecule has 96 valence electrons. The van der Waals surface area contributed by atoms with Crippen molar-refractivity contribution in [3.63, 3.8) is 0 Å². The van der Waals surface area contributed by atoms with Crippen molar-refractivity contribution in [2.24, 2.45) is 0 Å². The first kappa shape index (κ1) is 11.3. The molecule has 18 heavy (non-hydrogen) atoms. The van der Waals surface area contributed by atoms with Crippen LogP contribution in [0, 0.1) is 0 Å². The molecule has 1 saturated carbocycles. The molecule has 0 radical (unpaired) electrons. The molecule has 2 aromatic heterocycles. The van der Waals surface area contributed by atoms with Crippen molar-refractivity contribution < 1.29 is 4.42 Å². The molecule has 1 fully saturated rings. The lowest BCUT2D eigenvalue weighted by atomic mass is 10.4. The fourth-order valence-corrected chi connectivity index (χ4v) is 2.12. The first-order valence-electron chi connectivity index (χ1n) is 6.27. The molecule has 0 unspecified atom stereocenters. The minimum Gasteiger partial charge on any atom is -0.463 e. The van der Waals surface area contributed by atoms with E-state index in [2.05, 4.69) is 5.32 Å². The van der Waals surface area contributed by atoms with Gasteiger partial charge >= 0.3 is 5.69 Å². The molecule has 0 aliphatic heterocycles. The summed E-state index contributed by atoms with van der Waals surface area (Å²) in [7, 11) is 1.88. The van der Waals surface area contributed by atoms with E-state index in [0.717, 1.165) is 24.4 Å². The van der Waals surface area contributed by atoms with Gasteiger partial charge in [0.15, 0.2) is 0 Å². The van der Waals surface area contributed by atoms with Crippen molar-refractivity contribution in [3.05, 3.63) is 46.5 Å². The molecule has 2 heterocycles. The number of aromatic nitrogens is 2. The minimum absolute atomic E-state index is 0.0593. The Morgan fingerprint density at radius 2 is 2.11 bits per heavy atom. The molecule has 0 saturated heterocycles. The average molecular weight is 247 g/mol. The van der Waals surface area contributed by atoms with E-state index < -0.39 is 0 Å². The van der Waals surface area contributed by atoms with Crippen LogP contribution in [0.4, 0.5) is 0 Å². The maximum atomic E-state index is 12.1. The van der Waals surface area contributed by atoms with E-state index in [0.29, 0.717) is 19.1 Å². The van der Waals surface area contributed by atoms with Gasteiger partial charge in [-0.3, -0.25) is 9.13 Å². The zero-order chi connectivity index (χ0) is 12.5. The highest BCUT2D eigenvalue weighted by atomic mass is 16.3. The fraction of sp³-hybridized carbons (Fsp3) is 0.462. The number of rotatable bonds is 5. The van der Waals surface area contributed by atoms with Crippen molar-refractivity contribution in [2.75, 3.05) is 7.05 Å². The summed E-state index contributed by atoms with van der Waals surface area (Å²) in [6.45, 7) is 1.21. The second-order valence-corrected chi connectivity index (χ2v) is 4.75. The SMILES string of the molecule is CNCc1ccc(Cn2ccn(C3CC3)c2=O)o1. The second kappa shape index (κ2) is 4.49. The van der Waals surface area contributed by atoms with E-state index in [1.54, 1.807) is 4.57 Å². The molecular weight excluding hydrogens is 230 g/mol. The average Bonchev–Trinajstić information content (AvgIpc) is 3.01. The Labute approximate surface area is 105 Å². The van der Waals surface area contributed by atoms with Gasteiger partial charge in [-0.05, 0) is 32.0 Å². The van der Waals surface area contributed by atoms with Gasteiger partial charge in [-0.2, -0.15) is 0 Å². The van der Waals surface area contributed by atoms with Gasteiger partial charge in [0.2, 0.25) is 0 Å². The molecule has 0 aromatic carbocycles. The Morgan fingerprint density at radius 1 is 1.33 bits per heavy atom. The molecular formula is C13H17N3O2. The standard InChI is InChI=1S/C13H17N3O2/c1-14-8-11-4-5-12(18-11)9-15-6-7-16(13(15)17)10-2-3-10/h4-7,10,14H,2-3,8-9H2,1H3. The van der Waals surface area contributed by atoms with Gasteiger partial charge in [-0.25, -0.2) is 4.79 Å². The normalized spacial score (nSPS) is 15.2. The highest BCUT2D eigenvalue weighted by molar-refractivity contribution is 5.08. The van der Waals surface area contributed by atoms with Crippen LogP contribution in [0.2, 0.25) is 0 Å². The predicted octanol–water partition coefficient (Wildman–Crippen LogP) is 1.35. The van der Waals surface area contributed by atoms with Crippen molar-refractivity contribution in [1.82, 2.24) is 14.5 Å². The molecule has 0 amide bonds. The van der Waals surface area contributed by atoms with Gasteiger partial charge in [0.05, 0.1) is 13.1 Å². The van der Waals surface area contributed by atoms with Gasteiger partial charge in [-0.1, -0.05) is 0 Å². The minimum atomic E-state index is 0.0593. The first-order chi connectivity index (χ1) is 8.78. The Hall–Kier alpha value is -1.75. The van der Waals surface area contributed by atoms with Crippen LogP contribution in [0.25, 0.3) is 0 Å². The van der Waals surface area contributed by atoms with Gasteiger partial charge < -0.3 is 9.73 Å². The first-order valence-corrected chi connectivity index (χ1v) is 6.27. The summed E-state index contributed by atoms with van der Waals surface area (Å²) in [4.78, 5) is 12.1. The van der Waals surface area contributed by atoms with Crippen molar-refractivity contribution in [2.45, 2.75) is 32.0 Å². The van der Waals surface area contributed by atoms with Crippen LogP contribution in [0.15, 0.2) is 33.7 Å². The third kappa shape index (κ3) is 2.13. The monoisotopic (exact) mass is 247 g/mol. The van der Waals surface area contributed by atoms with Crippen molar-refractivity contribution in [3.8, 4) is 0 Å². The number of hydrogen-bond donors (Lipinski definition) is 1. The Bertz CT molecular complexity index is 589.